The van der Waals surface area contributed by atoms with Gasteiger partial charge in [0.25, 0.3) is 11.5 Å². The van der Waals surface area contributed by atoms with Gasteiger partial charge in [0.05, 0.1) is 17.0 Å². The van der Waals surface area contributed by atoms with Crippen molar-refractivity contribution in [2.45, 2.75) is 65.8 Å². The number of unbranched alkanes of at least 4 members (excludes halogenated alkanes) is 5. The molecule has 1 aliphatic heterocycles. The number of benzene rings is 1. The summed E-state index contributed by atoms with van der Waals surface area (Å²) < 4.78 is 2.03. The first-order valence-corrected chi connectivity index (χ1v) is 14.2. The Labute approximate surface area is 228 Å². The van der Waals surface area contributed by atoms with E-state index >= 15 is 0 Å². The molecule has 0 radical (unpaired) electrons. The van der Waals surface area contributed by atoms with E-state index in [0.717, 1.165) is 36.1 Å². The van der Waals surface area contributed by atoms with Gasteiger partial charge in [0.15, 0.2) is 0 Å². The quantitative estimate of drug-likeness (QED) is 0.172. The van der Waals surface area contributed by atoms with E-state index in [1.54, 1.807) is 21.6 Å². The molecule has 0 saturated carbocycles. The predicted octanol–water partition coefficient (Wildman–Crippen LogP) is 6.49. The average molecular weight is 535 g/mol. The Balaban J connectivity index is 1.60. The van der Waals surface area contributed by atoms with Crippen molar-refractivity contribution in [2.75, 3.05) is 11.9 Å². The smallest absolute Gasteiger partial charge is 0.267 e. The number of amides is 1. The van der Waals surface area contributed by atoms with E-state index in [1.807, 2.05) is 50.2 Å². The van der Waals surface area contributed by atoms with Gasteiger partial charge in [-0.05, 0) is 43.5 Å². The van der Waals surface area contributed by atoms with Crippen LogP contribution in [0.2, 0.25) is 0 Å². The second-order valence-electron chi connectivity index (χ2n) is 9.56. The van der Waals surface area contributed by atoms with E-state index in [1.165, 1.54) is 37.4 Å². The summed E-state index contributed by atoms with van der Waals surface area (Å²) in [6.07, 6.45) is 10.5. The number of hydrogen-bond acceptors (Lipinski definition) is 6. The van der Waals surface area contributed by atoms with Gasteiger partial charge in [-0.2, -0.15) is 0 Å². The Bertz CT molecular complexity index is 1380. The van der Waals surface area contributed by atoms with Gasteiger partial charge in [0.1, 0.15) is 15.8 Å². The van der Waals surface area contributed by atoms with E-state index in [4.69, 9.17) is 17.2 Å². The minimum Gasteiger partial charge on any atom is -0.369 e. The van der Waals surface area contributed by atoms with Gasteiger partial charge in [0, 0.05) is 12.7 Å². The highest BCUT2D eigenvalue weighted by atomic mass is 32.2. The number of anilines is 1. The second kappa shape index (κ2) is 12.5. The molecule has 0 unspecified atom stereocenters. The highest BCUT2D eigenvalue weighted by molar-refractivity contribution is 8.26. The van der Waals surface area contributed by atoms with Crippen LogP contribution in [0.3, 0.4) is 0 Å². The maximum absolute atomic E-state index is 13.6. The number of hydrogen-bond donors (Lipinski definition) is 1. The third-order valence-corrected chi connectivity index (χ3v) is 7.82. The highest BCUT2D eigenvalue weighted by Gasteiger charge is 2.32. The van der Waals surface area contributed by atoms with Crippen molar-refractivity contribution in [2.24, 2.45) is 0 Å². The van der Waals surface area contributed by atoms with Gasteiger partial charge in [-0.1, -0.05) is 98.9 Å². The van der Waals surface area contributed by atoms with Crippen LogP contribution >= 0.6 is 24.0 Å². The Hall–Kier alpha value is -2.97. The number of thiocarbonyl (C=S) groups is 1. The summed E-state index contributed by atoms with van der Waals surface area (Å²) in [6.45, 7) is 7.30. The molecule has 1 N–H and O–H groups in total. The van der Waals surface area contributed by atoms with Crippen molar-refractivity contribution >= 4 is 51.7 Å². The molecule has 1 amide bonds. The zero-order valence-electron chi connectivity index (χ0n) is 21.8. The average Bonchev–Trinajstić information content (AvgIpc) is 3.14. The molecule has 0 aliphatic carbocycles. The molecule has 37 heavy (non-hydrogen) atoms. The number of fused-ring (bicyclic) bond motifs is 1. The van der Waals surface area contributed by atoms with Crippen LogP contribution in [0.15, 0.2) is 52.3 Å². The van der Waals surface area contributed by atoms with Crippen LogP contribution in [0, 0.1) is 13.8 Å². The van der Waals surface area contributed by atoms with Crippen molar-refractivity contribution in [3.63, 3.8) is 0 Å². The molecule has 2 aromatic heterocycles. The Kier molecular flexibility index (Phi) is 9.16. The number of aryl methyl sites for hydroxylation is 2. The number of pyridine rings is 1. The van der Waals surface area contributed by atoms with Crippen LogP contribution in [-0.2, 0) is 11.3 Å². The first kappa shape index (κ1) is 27.1. The fraction of sp³-hybridized carbons (Fsp3) is 0.379. The van der Waals surface area contributed by atoms with Crippen LogP contribution in [0.25, 0.3) is 11.7 Å². The zero-order chi connectivity index (χ0) is 26.4. The molecule has 0 bridgehead atoms. The molecule has 4 rings (SSSR count). The number of rotatable bonds is 11. The number of carbonyl (C=O) groups excluding carboxylic acids is 1. The maximum atomic E-state index is 13.6. The lowest BCUT2D eigenvalue weighted by Crippen LogP contribution is -2.27. The molecule has 3 heterocycles. The third-order valence-electron chi connectivity index (χ3n) is 6.44. The molecule has 8 heteroatoms. The minimum atomic E-state index is -0.206. The Morgan fingerprint density at radius 2 is 1.68 bits per heavy atom. The topological polar surface area (TPSA) is 66.7 Å². The number of nitrogens with one attached hydrogen (secondary N) is 1. The summed E-state index contributed by atoms with van der Waals surface area (Å²) in [7, 11) is 0. The molecule has 1 saturated heterocycles. The molecule has 3 aromatic rings. The second-order valence-corrected chi connectivity index (χ2v) is 11.2. The molecule has 0 atom stereocenters. The van der Waals surface area contributed by atoms with Gasteiger partial charge in [-0.25, -0.2) is 4.98 Å². The molecular weight excluding hydrogens is 500 g/mol. The van der Waals surface area contributed by atoms with E-state index < -0.39 is 0 Å². The first-order chi connectivity index (χ1) is 17.9. The largest absolute Gasteiger partial charge is 0.369 e. The number of nitrogens with zero attached hydrogens (tertiary/aromatic N) is 3. The summed E-state index contributed by atoms with van der Waals surface area (Å²) in [5.41, 5.74) is 3.87. The lowest BCUT2D eigenvalue weighted by atomic mass is 10.1. The van der Waals surface area contributed by atoms with Crippen LogP contribution < -0.4 is 10.9 Å². The predicted molar refractivity (Wildman–Crippen MR) is 158 cm³/mol. The lowest BCUT2D eigenvalue weighted by Gasteiger charge is -2.14. The van der Waals surface area contributed by atoms with E-state index in [9.17, 15) is 9.59 Å². The molecule has 1 aliphatic rings. The van der Waals surface area contributed by atoms with Crippen molar-refractivity contribution in [3.05, 3.63) is 80.1 Å². The van der Waals surface area contributed by atoms with Crippen molar-refractivity contribution in [1.82, 2.24) is 14.3 Å². The van der Waals surface area contributed by atoms with E-state index in [0.29, 0.717) is 32.8 Å². The number of aromatic nitrogens is 2. The molecule has 1 fully saturated rings. The van der Waals surface area contributed by atoms with Crippen LogP contribution in [0.4, 0.5) is 5.82 Å². The van der Waals surface area contributed by atoms with Crippen LogP contribution in [0.1, 0.15) is 67.7 Å². The number of thioether (sulfide) groups is 1. The zero-order valence-corrected chi connectivity index (χ0v) is 23.4. The van der Waals surface area contributed by atoms with Crippen molar-refractivity contribution in [1.29, 1.82) is 0 Å². The SMILES string of the molecule is CCCCCCCCNc1nc2ccc(C)cn2c(=O)c1/C=C1\SC(=S)N(Cc2ccc(C)cc2)C1=O. The lowest BCUT2D eigenvalue weighted by molar-refractivity contribution is -0.122. The molecule has 1 aromatic carbocycles. The van der Waals surface area contributed by atoms with Crippen molar-refractivity contribution in [3.8, 4) is 0 Å². The number of carbonyl (C=O) groups is 1. The molecular formula is C29H34N4O2S2. The monoisotopic (exact) mass is 534 g/mol. The van der Waals surface area contributed by atoms with Crippen LogP contribution in [0.5, 0.6) is 0 Å². The fourth-order valence-corrected chi connectivity index (χ4v) is 5.52. The summed E-state index contributed by atoms with van der Waals surface area (Å²) in [5.74, 6) is 0.317. The summed E-state index contributed by atoms with van der Waals surface area (Å²) in [4.78, 5) is 33.7. The highest BCUT2D eigenvalue weighted by Crippen LogP contribution is 2.34. The van der Waals surface area contributed by atoms with Crippen LogP contribution in [-0.4, -0.2) is 31.1 Å². The van der Waals surface area contributed by atoms with Gasteiger partial charge >= 0.3 is 0 Å². The van der Waals surface area contributed by atoms with Gasteiger partial charge in [0.2, 0.25) is 0 Å². The van der Waals surface area contributed by atoms with Gasteiger partial charge in [-0.3, -0.25) is 18.9 Å². The fourth-order valence-electron chi connectivity index (χ4n) is 4.28. The Morgan fingerprint density at radius 3 is 2.43 bits per heavy atom. The molecule has 194 valence electrons. The van der Waals surface area contributed by atoms with Crippen molar-refractivity contribution < 1.29 is 4.79 Å². The third kappa shape index (κ3) is 6.67. The molecule has 0 spiro atoms. The van der Waals surface area contributed by atoms with E-state index in [-0.39, 0.29) is 11.5 Å². The standard InChI is InChI=1S/C29H34N4O2S2/c1-4-5-6-7-8-9-16-30-26-23(27(34)32-18-21(3)12-15-25(32)31-26)17-24-28(35)33(29(36)37-24)19-22-13-10-20(2)11-14-22/h10-15,17-18,30H,4-9,16,19H2,1-3H3/b24-17-. The Morgan fingerprint density at radius 1 is 0.973 bits per heavy atom. The summed E-state index contributed by atoms with van der Waals surface area (Å²) in [6, 6.07) is 11.8. The summed E-state index contributed by atoms with van der Waals surface area (Å²) in [5, 5.41) is 3.37. The molecule has 6 nitrogen and oxygen atoms in total. The first-order valence-electron chi connectivity index (χ1n) is 12.9. The van der Waals surface area contributed by atoms with Gasteiger partial charge < -0.3 is 5.32 Å². The maximum Gasteiger partial charge on any atom is 0.267 e. The normalized spacial score (nSPS) is 14.8. The van der Waals surface area contributed by atoms with Gasteiger partial charge in [-0.15, -0.1) is 0 Å². The minimum absolute atomic E-state index is 0.189. The van der Waals surface area contributed by atoms with E-state index in [2.05, 4.69) is 12.2 Å². The summed E-state index contributed by atoms with van der Waals surface area (Å²) >= 11 is 6.77.